The molecule has 0 fully saturated rings. The van der Waals surface area contributed by atoms with Gasteiger partial charge in [-0.1, -0.05) is 35.9 Å². The van der Waals surface area contributed by atoms with Gasteiger partial charge >= 0.3 is 0 Å². The molecule has 2 aromatic rings. The molecule has 2 atom stereocenters. The number of para-hydroxylation sites is 1. The number of amides is 1. The molecule has 0 radical (unpaired) electrons. The van der Waals surface area contributed by atoms with E-state index in [1.165, 1.54) is 5.56 Å². The molecule has 25 heavy (non-hydrogen) atoms. The number of thioether (sulfide) groups is 1. The predicted molar refractivity (Wildman–Crippen MR) is 103 cm³/mol. The maximum Gasteiger partial charge on any atom is 0.233 e. The fourth-order valence-electron chi connectivity index (χ4n) is 3.09. The lowest BCUT2D eigenvalue weighted by molar-refractivity contribution is -0.121. The number of hydrogen-bond donors (Lipinski definition) is 1. The highest BCUT2D eigenvalue weighted by molar-refractivity contribution is 8.00. The molecule has 2 unspecified atom stereocenters. The molecular formula is C21H25NO2S. The molecule has 3 rings (SSSR count). The molecule has 0 bridgehead atoms. The average Bonchev–Trinajstić information content (AvgIpc) is 2.56. The lowest BCUT2D eigenvalue weighted by Gasteiger charge is -2.38. The van der Waals surface area contributed by atoms with Gasteiger partial charge in [-0.2, -0.15) is 0 Å². The Morgan fingerprint density at radius 1 is 1.20 bits per heavy atom. The number of rotatable bonds is 4. The normalized spacial score (nSPS) is 19.4. The molecule has 0 aromatic heterocycles. The first-order valence-electron chi connectivity index (χ1n) is 8.66. The highest BCUT2D eigenvalue weighted by atomic mass is 32.2. The molecule has 3 nitrogen and oxygen atoms in total. The molecule has 0 spiro atoms. The second kappa shape index (κ2) is 7.12. The maximum absolute atomic E-state index is 12.7. The summed E-state index contributed by atoms with van der Waals surface area (Å²) in [4.78, 5) is 13.8. The molecule has 0 aliphatic carbocycles. The van der Waals surface area contributed by atoms with E-state index in [4.69, 9.17) is 4.74 Å². The first kappa shape index (κ1) is 17.9. The number of carbonyl (C=O) groups is 1. The molecule has 132 valence electrons. The third kappa shape index (κ3) is 4.37. The van der Waals surface area contributed by atoms with Gasteiger partial charge in [0.05, 0.1) is 11.3 Å². The van der Waals surface area contributed by atoms with Crippen molar-refractivity contribution < 1.29 is 9.53 Å². The lowest BCUT2D eigenvalue weighted by Crippen LogP contribution is -2.43. The van der Waals surface area contributed by atoms with Crippen molar-refractivity contribution in [1.29, 1.82) is 0 Å². The summed E-state index contributed by atoms with van der Waals surface area (Å²) in [5.74, 6) is 0.922. The van der Waals surface area contributed by atoms with Crippen molar-refractivity contribution in [3.05, 3.63) is 59.7 Å². The molecule has 4 heteroatoms. The van der Waals surface area contributed by atoms with Crippen LogP contribution in [0.5, 0.6) is 5.75 Å². The Bertz CT molecular complexity index is 755. The van der Waals surface area contributed by atoms with Crippen LogP contribution in [-0.4, -0.2) is 16.8 Å². The van der Waals surface area contributed by atoms with Gasteiger partial charge in [0.25, 0.3) is 0 Å². The molecular weight excluding hydrogens is 330 g/mol. The van der Waals surface area contributed by atoms with E-state index in [0.29, 0.717) is 0 Å². The Labute approximate surface area is 154 Å². The number of nitrogens with one attached hydrogen (secondary N) is 1. The second-order valence-corrected chi connectivity index (χ2v) is 8.65. The summed E-state index contributed by atoms with van der Waals surface area (Å²) in [5, 5.41) is 3.07. The molecule has 0 saturated carbocycles. The van der Waals surface area contributed by atoms with E-state index in [2.05, 4.69) is 50.4 Å². The fourth-order valence-corrected chi connectivity index (χ4v) is 3.97. The van der Waals surface area contributed by atoms with Crippen molar-refractivity contribution in [1.82, 2.24) is 5.32 Å². The van der Waals surface area contributed by atoms with Crippen molar-refractivity contribution >= 4 is 17.7 Å². The number of fused-ring (bicyclic) bond motifs is 1. The number of benzene rings is 2. The Morgan fingerprint density at radius 3 is 2.60 bits per heavy atom. The minimum Gasteiger partial charge on any atom is -0.487 e. The van der Waals surface area contributed by atoms with Crippen LogP contribution in [-0.2, 0) is 4.79 Å². The highest BCUT2D eigenvalue weighted by Gasteiger charge is 2.34. The van der Waals surface area contributed by atoms with Gasteiger partial charge in [-0.25, -0.2) is 0 Å². The summed E-state index contributed by atoms with van der Waals surface area (Å²) in [6.45, 7) is 8.14. The summed E-state index contributed by atoms with van der Waals surface area (Å²) >= 11 is 1.59. The molecule has 1 aliphatic heterocycles. The number of aryl methyl sites for hydroxylation is 1. The van der Waals surface area contributed by atoms with Gasteiger partial charge in [0.2, 0.25) is 5.91 Å². The maximum atomic E-state index is 12.7. The first-order valence-corrected chi connectivity index (χ1v) is 9.54. The van der Waals surface area contributed by atoms with Crippen LogP contribution >= 0.6 is 11.8 Å². The largest absolute Gasteiger partial charge is 0.487 e. The van der Waals surface area contributed by atoms with Crippen LogP contribution in [0.25, 0.3) is 0 Å². The van der Waals surface area contributed by atoms with Gasteiger partial charge in [0.15, 0.2) is 0 Å². The summed E-state index contributed by atoms with van der Waals surface area (Å²) in [7, 11) is 0. The molecule has 1 heterocycles. The van der Waals surface area contributed by atoms with Crippen molar-refractivity contribution in [3.63, 3.8) is 0 Å². The van der Waals surface area contributed by atoms with Gasteiger partial charge in [0, 0.05) is 16.9 Å². The zero-order valence-electron chi connectivity index (χ0n) is 15.2. The standard InChI is InChI=1S/C21H25NO2S/c1-14-9-11-16(12-10-14)25-15(2)20(23)22-18-13-21(3,4)24-19-8-6-5-7-17(18)19/h5-12,15,18H,13H2,1-4H3,(H,22,23). The zero-order chi connectivity index (χ0) is 18.0. The minimum absolute atomic E-state index is 0.0199. The quantitative estimate of drug-likeness (QED) is 0.793. The van der Waals surface area contributed by atoms with Crippen LogP contribution in [0.2, 0.25) is 0 Å². The van der Waals surface area contributed by atoms with E-state index in [9.17, 15) is 4.79 Å². The van der Waals surface area contributed by atoms with Crippen molar-refractivity contribution in [3.8, 4) is 5.75 Å². The van der Waals surface area contributed by atoms with Crippen LogP contribution in [0.4, 0.5) is 0 Å². The van der Waals surface area contributed by atoms with Gasteiger partial charge in [-0.3, -0.25) is 4.79 Å². The number of hydrogen-bond acceptors (Lipinski definition) is 3. The summed E-state index contributed by atoms with van der Waals surface area (Å²) < 4.78 is 6.04. The molecule has 1 aliphatic rings. The van der Waals surface area contributed by atoms with Crippen LogP contribution in [0.3, 0.4) is 0 Å². The highest BCUT2D eigenvalue weighted by Crippen LogP contribution is 2.39. The average molecular weight is 356 g/mol. The second-order valence-electron chi connectivity index (χ2n) is 7.24. The van der Waals surface area contributed by atoms with E-state index < -0.39 is 0 Å². The first-order chi connectivity index (χ1) is 11.8. The van der Waals surface area contributed by atoms with Crippen molar-refractivity contribution in [2.75, 3.05) is 0 Å². The Balaban J connectivity index is 1.70. The monoisotopic (exact) mass is 355 g/mol. The van der Waals surface area contributed by atoms with E-state index in [-0.39, 0.29) is 22.8 Å². The van der Waals surface area contributed by atoms with Crippen molar-refractivity contribution in [2.45, 2.75) is 55.9 Å². The molecule has 1 amide bonds. The summed E-state index contributed by atoms with van der Waals surface area (Å²) in [6, 6.07) is 16.2. The minimum atomic E-state index is -0.292. The third-order valence-corrected chi connectivity index (χ3v) is 5.51. The Hall–Kier alpha value is -1.94. The van der Waals surface area contributed by atoms with Crippen LogP contribution in [0.1, 0.15) is 44.4 Å². The smallest absolute Gasteiger partial charge is 0.233 e. The number of carbonyl (C=O) groups excluding carboxylic acids is 1. The fraction of sp³-hybridized carbons (Fsp3) is 0.381. The topological polar surface area (TPSA) is 38.3 Å². The van der Waals surface area contributed by atoms with Gasteiger partial charge in [-0.05, 0) is 45.9 Å². The third-order valence-electron chi connectivity index (χ3n) is 4.40. The summed E-state index contributed by atoms with van der Waals surface area (Å²) in [6.07, 6.45) is 0.762. The van der Waals surface area contributed by atoms with Crippen molar-refractivity contribution in [2.24, 2.45) is 0 Å². The summed E-state index contributed by atoms with van der Waals surface area (Å²) in [5.41, 5.74) is 1.99. The molecule has 0 saturated heterocycles. The lowest BCUT2D eigenvalue weighted by atomic mass is 9.89. The predicted octanol–water partition coefficient (Wildman–Crippen LogP) is 4.89. The number of ether oxygens (including phenoxy) is 1. The van der Waals surface area contributed by atoms with Gasteiger partial charge < -0.3 is 10.1 Å². The van der Waals surface area contributed by atoms with Crippen LogP contribution < -0.4 is 10.1 Å². The van der Waals surface area contributed by atoms with Crippen LogP contribution in [0, 0.1) is 6.92 Å². The SMILES string of the molecule is Cc1ccc(SC(C)C(=O)NC2CC(C)(C)Oc3ccccc32)cc1. The van der Waals surface area contributed by atoms with E-state index in [0.717, 1.165) is 22.6 Å². The van der Waals surface area contributed by atoms with E-state index in [1.54, 1.807) is 11.8 Å². The Kier molecular flexibility index (Phi) is 5.09. The molecule has 1 N–H and O–H groups in total. The van der Waals surface area contributed by atoms with Gasteiger partial charge in [-0.15, -0.1) is 11.8 Å². The van der Waals surface area contributed by atoms with Crippen LogP contribution in [0.15, 0.2) is 53.4 Å². The Morgan fingerprint density at radius 2 is 1.88 bits per heavy atom. The zero-order valence-corrected chi connectivity index (χ0v) is 16.0. The molecule has 2 aromatic carbocycles. The van der Waals surface area contributed by atoms with E-state index in [1.807, 2.05) is 31.2 Å². The van der Waals surface area contributed by atoms with E-state index >= 15 is 0 Å². The van der Waals surface area contributed by atoms with Gasteiger partial charge in [0.1, 0.15) is 11.4 Å².